The van der Waals surface area contributed by atoms with Crippen LogP contribution in [0.5, 0.6) is 0 Å². The maximum absolute atomic E-state index is 11.8. The fourth-order valence-corrected chi connectivity index (χ4v) is 6.78. The molecule has 0 aromatic rings. The number of hydrogen-bond acceptors (Lipinski definition) is 3. The number of Topliss-reactive ketones (excluding diaryl/α,β-unsaturated/α-hetero) is 1. The van der Waals surface area contributed by atoms with Crippen molar-refractivity contribution in [3.8, 4) is 12.3 Å². The van der Waals surface area contributed by atoms with Gasteiger partial charge < -0.3 is 4.74 Å². The molecule has 0 spiro atoms. The van der Waals surface area contributed by atoms with Crippen molar-refractivity contribution in [3.63, 3.8) is 0 Å². The summed E-state index contributed by atoms with van der Waals surface area (Å²) in [6.45, 7) is 3.73. The minimum atomic E-state index is -0.735. The van der Waals surface area contributed by atoms with E-state index >= 15 is 0 Å². The molecule has 0 aromatic carbocycles. The number of ketones is 1. The maximum Gasteiger partial charge on any atom is 0.304 e. The Morgan fingerprint density at radius 1 is 1.28 bits per heavy atom. The molecule has 0 bridgehead atoms. The number of carbonyl (C=O) groups excluding carboxylic acids is 2. The second-order valence-electron chi connectivity index (χ2n) is 8.87. The topological polar surface area (TPSA) is 43.4 Å². The first-order valence-corrected chi connectivity index (χ1v) is 9.78. The number of esters is 1. The largest absolute Gasteiger partial charge is 0.445 e. The smallest absolute Gasteiger partial charge is 0.304 e. The predicted molar refractivity (Wildman–Crippen MR) is 95.4 cm³/mol. The highest BCUT2D eigenvalue weighted by Gasteiger charge is 2.64. The zero-order valence-corrected chi connectivity index (χ0v) is 15.3. The molecule has 0 radical (unpaired) electrons. The van der Waals surface area contributed by atoms with Crippen LogP contribution >= 0.6 is 0 Å². The normalized spacial score (nSPS) is 45.5. The van der Waals surface area contributed by atoms with Gasteiger partial charge in [-0.2, -0.15) is 0 Å². The molecule has 0 amide bonds. The van der Waals surface area contributed by atoms with Gasteiger partial charge in [-0.15, -0.1) is 6.42 Å². The Kier molecular flexibility index (Phi) is 3.87. The van der Waals surface area contributed by atoms with E-state index in [2.05, 4.69) is 18.9 Å². The lowest BCUT2D eigenvalue weighted by Gasteiger charge is -2.54. The van der Waals surface area contributed by atoms with Crippen LogP contribution in [0.1, 0.15) is 65.2 Å². The minimum Gasteiger partial charge on any atom is -0.445 e. The van der Waals surface area contributed by atoms with Crippen LogP contribution in [0.25, 0.3) is 0 Å². The van der Waals surface area contributed by atoms with E-state index in [4.69, 9.17) is 11.2 Å². The lowest BCUT2D eigenvalue weighted by atomic mass is 9.51. The average molecular weight is 340 g/mol. The van der Waals surface area contributed by atoms with E-state index in [1.807, 2.05) is 0 Å². The average Bonchev–Trinajstić information content (AvgIpc) is 2.87. The molecule has 4 aliphatic carbocycles. The zero-order valence-electron chi connectivity index (χ0n) is 15.3. The third-order valence-electron chi connectivity index (χ3n) is 7.94. The fraction of sp³-hybridized carbons (Fsp3) is 0.727. The standard InChI is InChI=1S/C22H28O3/c1-4-22(25-14(2)23)12-10-20-19-7-5-15-13-16(24)6-8-17(15)18(19)9-11-21(20,22)3/h1,5,17-20H,6-13H2,2-3H3. The lowest BCUT2D eigenvalue weighted by molar-refractivity contribution is -0.167. The summed E-state index contributed by atoms with van der Waals surface area (Å²) in [5.74, 6) is 5.44. The van der Waals surface area contributed by atoms with Gasteiger partial charge in [-0.05, 0) is 62.2 Å². The molecule has 3 saturated carbocycles. The SMILES string of the molecule is C#CC1(OC(C)=O)CCC2C3CC=C4CC(=O)CCC4C3CCC21C. The van der Waals surface area contributed by atoms with E-state index in [9.17, 15) is 9.59 Å². The van der Waals surface area contributed by atoms with Gasteiger partial charge in [-0.25, -0.2) is 0 Å². The van der Waals surface area contributed by atoms with Gasteiger partial charge in [0.05, 0.1) is 0 Å². The number of terminal acetylenes is 1. The van der Waals surface area contributed by atoms with E-state index in [0.717, 1.165) is 44.9 Å². The van der Waals surface area contributed by atoms with Crippen molar-refractivity contribution in [3.05, 3.63) is 11.6 Å². The van der Waals surface area contributed by atoms with Crippen LogP contribution in [0.4, 0.5) is 0 Å². The van der Waals surface area contributed by atoms with E-state index in [1.54, 1.807) is 0 Å². The number of ether oxygens (including phenoxy) is 1. The van der Waals surface area contributed by atoms with Crippen LogP contribution < -0.4 is 0 Å². The molecule has 4 rings (SSSR count). The number of rotatable bonds is 1. The number of hydrogen-bond donors (Lipinski definition) is 0. The van der Waals surface area contributed by atoms with Crippen molar-refractivity contribution < 1.29 is 14.3 Å². The van der Waals surface area contributed by atoms with E-state index < -0.39 is 5.60 Å². The Balaban J connectivity index is 1.65. The molecule has 0 aliphatic heterocycles. The highest BCUT2D eigenvalue weighted by Crippen LogP contribution is 2.65. The molecule has 6 atom stereocenters. The van der Waals surface area contributed by atoms with Gasteiger partial charge in [0.15, 0.2) is 5.60 Å². The van der Waals surface area contributed by atoms with E-state index in [-0.39, 0.29) is 11.4 Å². The molecular formula is C22H28O3. The van der Waals surface area contributed by atoms with Crippen LogP contribution in [-0.2, 0) is 14.3 Å². The molecule has 0 N–H and O–H groups in total. The minimum absolute atomic E-state index is 0.121. The number of carbonyl (C=O) groups is 2. The second kappa shape index (κ2) is 5.73. The van der Waals surface area contributed by atoms with Crippen molar-refractivity contribution in [2.24, 2.45) is 29.1 Å². The summed E-state index contributed by atoms with van der Waals surface area (Å²) >= 11 is 0. The summed E-state index contributed by atoms with van der Waals surface area (Å²) < 4.78 is 5.79. The Morgan fingerprint density at radius 2 is 2.08 bits per heavy atom. The van der Waals surface area contributed by atoms with E-state index in [1.165, 1.54) is 12.5 Å². The summed E-state index contributed by atoms with van der Waals surface area (Å²) in [6, 6.07) is 0. The summed E-state index contributed by atoms with van der Waals surface area (Å²) in [5, 5.41) is 0. The third-order valence-corrected chi connectivity index (χ3v) is 7.94. The van der Waals surface area contributed by atoms with Crippen LogP contribution in [-0.4, -0.2) is 17.4 Å². The molecule has 3 heteroatoms. The molecule has 0 aromatic heterocycles. The first-order valence-electron chi connectivity index (χ1n) is 9.78. The first-order chi connectivity index (χ1) is 11.9. The fourth-order valence-electron chi connectivity index (χ4n) is 6.78. The highest BCUT2D eigenvalue weighted by molar-refractivity contribution is 5.82. The molecule has 0 heterocycles. The van der Waals surface area contributed by atoms with Crippen LogP contribution in [0.3, 0.4) is 0 Å². The second-order valence-corrected chi connectivity index (χ2v) is 8.87. The number of fused-ring (bicyclic) bond motifs is 5. The molecular weight excluding hydrogens is 312 g/mol. The van der Waals surface area contributed by atoms with Gasteiger partial charge >= 0.3 is 5.97 Å². The summed E-state index contributed by atoms with van der Waals surface area (Å²) in [6.07, 6.45) is 15.8. The van der Waals surface area contributed by atoms with Crippen LogP contribution in [0.2, 0.25) is 0 Å². The quantitative estimate of drug-likeness (QED) is 0.411. The zero-order chi connectivity index (χ0) is 17.8. The lowest BCUT2D eigenvalue weighted by Crippen LogP contribution is -2.53. The van der Waals surface area contributed by atoms with Gasteiger partial charge in [0, 0.05) is 25.2 Å². The van der Waals surface area contributed by atoms with Gasteiger partial charge in [0.25, 0.3) is 0 Å². The van der Waals surface area contributed by atoms with Gasteiger partial charge in [0.1, 0.15) is 5.78 Å². The van der Waals surface area contributed by atoms with Gasteiger partial charge in [-0.1, -0.05) is 24.5 Å². The maximum atomic E-state index is 11.8. The highest BCUT2D eigenvalue weighted by atomic mass is 16.6. The molecule has 3 fully saturated rings. The molecule has 6 unspecified atom stereocenters. The first kappa shape index (κ1) is 16.9. The predicted octanol–water partition coefficient (Wildman–Crippen LogP) is 4.06. The van der Waals surface area contributed by atoms with Crippen molar-refractivity contribution in [2.75, 3.05) is 0 Å². The Morgan fingerprint density at radius 3 is 2.80 bits per heavy atom. The number of allylic oxidation sites excluding steroid dienone is 2. The van der Waals surface area contributed by atoms with Gasteiger partial charge in [-0.3, -0.25) is 9.59 Å². The van der Waals surface area contributed by atoms with Crippen LogP contribution in [0.15, 0.2) is 11.6 Å². The Labute approximate surface area is 150 Å². The molecule has 4 aliphatic rings. The molecule has 25 heavy (non-hydrogen) atoms. The Hall–Kier alpha value is -1.56. The van der Waals surface area contributed by atoms with Crippen molar-refractivity contribution >= 4 is 11.8 Å². The van der Waals surface area contributed by atoms with Crippen molar-refractivity contribution in [1.82, 2.24) is 0 Å². The molecule has 3 nitrogen and oxygen atoms in total. The van der Waals surface area contributed by atoms with Crippen LogP contribution in [0, 0.1) is 41.4 Å². The Bertz CT molecular complexity index is 684. The third kappa shape index (κ3) is 2.33. The summed E-state index contributed by atoms with van der Waals surface area (Å²) in [7, 11) is 0. The summed E-state index contributed by atoms with van der Waals surface area (Å²) in [4.78, 5) is 23.5. The molecule has 134 valence electrons. The monoisotopic (exact) mass is 340 g/mol. The summed E-state index contributed by atoms with van der Waals surface area (Å²) in [5.41, 5.74) is 0.549. The van der Waals surface area contributed by atoms with E-state index in [0.29, 0.717) is 35.9 Å². The van der Waals surface area contributed by atoms with Crippen molar-refractivity contribution in [1.29, 1.82) is 0 Å². The molecule has 0 saturated heterocycles. The van der Waals surface area contributed by atoms with Crippen molar-refractivity contribution in [2.45, 2.75) is 70.8 Å². The van der Waals surface area contributed by atoms with Gasteiger partial charge in [0.2, 0.25) is 0 Å².